The fraction of sp³-hybridized carbons (Fsp3) is 0.579. The van der Waals surface area contributed by atoms with Gasteiger partial charge in [-0.3, -0.25) is 14.5 Å². The van der Waals surface area contributed by atoms with E-state index in [9.17, 15) is 9.59 Å². The van der Waals surface area contributed by atoms with Gasteiger partial charge >= 0.3 is 0 Å². The van der Waals surface area contributed by atoms with E-state index in [2.05, 4.69) is 29.4 Å². The first-order valence-corrected chi connectivity index (χ1v) is 10.0. The van der Waals surface area contributed by atoms with Crippen LogP contribution in [-0.2, 0) is 9.53 Å². The minimum absolute atomic E-state index is 0.0211. The van der Waals surface area contributed by atoms with Crippen LogP contribution < -0.4 is 10.6 Å². The van der Waals surface area contributed by atoms with Crippen LogP contribution in [0.1, 0.15) is 31.1 Å². The van der Waals surface area contributed by atoms with Crippen molar-refractivity contribution in [2.75, 3.05) is 38.2 Å². The molecule has 2 heterocycles. The van der Waals surface area contributed by atoms with Crippen molar-refractivity contribution in [1.82, 2.24) is 10.2 Å². The second-order valence-corrected chi connectivity index (χ2v) is 8.51. The van der Waals surface area contributed by atoms with Crippen LogP contribution in [0.2, 0.25) is 0 Å². The lowest BCUT2D eigenvalue weighted by atomic mass is 10.0. The predicted octanol–water partition coefficient (Wildman–Crippen LogP) is 2.21. The first-order valence-electron chi connectivity index (χ1n) is 9.17. The number of amides is 2. The molecule has 0 bridgehead atoms. The molecule has 2 N–H and O–H groups in total. The number of nitrogens with zero attached hydrogens (tertiary/aromatic N) is 1. The van der Waals surface area contributed by atoms with E-state index in [1.54, 1.807) is 6.07 Å². The van der Waals surface area contributed by atoms with Crippen LogP contribution >= 0.6 is 11.8 Å². The largest absolute Gasteiger partial charge is 0.379 e. The lowest BCUT2D eigenvalue weighted by Crippen LogP contribution is -2.51. The van der Waals surface area contributed by atoms with Crippen molar-refractivity contribution < 1.29 is 14.3 Å². The van der Waals surface area contributed by atoms with Gasteiger partial charge in [-0.2, -0.15) is 0 Å². The van der Waals surface area contributed by atoms with E-state index >= 15 is 0 Å². The topological polar surface area (TPSA) is 70.7 Å². The maximum atomic E-state index is 12.6. The zero-order valence-electron chi connectivity index (χ0n) is 15.6. The molecule has 1 aromatic carbocycles. The third kappa shape index (κ3) is 4.39. The van der Waals surface area contributed by atoms with Crippen LogP contribution in [0.5, 0.6) is 0 Å². The Balaban J connectivity index is 1.64. The van der Waals surface area contributed by atoms with Gasteiger partial charge in [-0.1, -0.05) is 13.8 Å². The van der Waals surface area contributed by atoms with E-state index in [1.807, 2.05) is 19.1 Å². The summed E-state index contributed by atoms with van der Waals surface area (Å²) in [7, 11) is 0. The average Bonchev–Trinajstić information content (AvgIpc) is 2.63. The molecule has 142 valence electrons. The van der Waals surface area contributed by atoms with Gasteiger partial charge in [-0.15, -0.1) is 11.8 Å². The van der Waals surface area contributed by atoms with E-state index in [0.29, 0.717) is 18.0 Å². The number of ether oxygens (including phenoxy) is 1. The summed E-state index contributed by atoms with van der Waals surface area (Å²) in [6, 6.07) is 5.79. The third-order valence-corrected chi connectivity index (χ3v) is 6.11. The minimum atomic E-state index is -0.109. The van der Waals surface area contributed by atoms with Crippen LogP contribution in [0.4, 0.5) is 5.69 Å². The molecule has 1 aromatic rings. The Bertz CT molecular complexity index is 674. The molecule has 0 aliphatic carbocycles. The fourth-order valence-corrected chi connectivity index (χ4v) is 4.28. The van der Waals surface area contributed by atoms with E-state index in [-0.39, 0.29) is 23.1 Å². The number of thioether (sulfide) groups is 1. The number of hydrogen-bond acceptors (Lipinski definition) is 5. The number of fused-ring (bicyclic) bond motifs is 1. The molecule has 0 spiro atoms. The second kappa shape index (κ2) is 8.41. The predicted molar refractivity (Wildman–Crippen MR) is 104 cm³/mol. The molecule has 3 rings (SSSR count). The molecular weight excluding hydrogens is 350 g/mol. The van der Waals surface area contributed by atoms with E-state index in [1.165, 1.54) is 11.8 Å². The SMILES string of the molecule is CC1Sc2ccc(C(=O)NCC(C(C)C)N3CCOCC3)cc2NC1=O. The summed E-state index contributed by atoms with van der Waals surface area (Å²) in [4.78, 5) is 27.9. The number of hydrogen-bond donors (Lipinski definition) is 2. The molecule has 2 aliphatic rings. The zero-order chi connectivity index (χ0) is 18.7. The molecule has 1 saturated heterocycles. The highest BCUT2D eigenvalue weighted by Gasteiger charge is 2.26. The monoisotopic (exact) mass is 377 g/mol. The van der Waals surface area contributed by atoms with Gasteiger partial charge < -0.3 is 15.4 Å². The number of carbonyl (C=O) groups excluding carboxylic acids is 2. The van der Waals surface area contributed by atoms with Crippen LogP contribution in [-0.4, -0.2) is 60.9 Å². The molecule has 26 heavy (non-hydrogen) atoms. The van der Waals surface area contributed by atoms with E-state index < -0.39 is 0 Å². The molecule has 0 radical (unpaired) electrons. The normalized spacial score (nSPS) is 21.8. The van der Waals surface area contributed by atoms with Crippen molar-refractivity contribution in [2.24, 2.45) is 5.92 Å². The van der Waals surface area contributed by atoms with Gasteiger partial charge in [-0.25, -0.2) is 0 Å². The number of benzene rings is 1. The molecule has 2 unspecified atom stereocenters. The molecule has 6 nitrogen and oxygen atoms in total. The number of rotatable bonds is 5. The van der Waals surface area contributed by atoms with Crippen LogP contribution in [0.25, 0.3) is 0 Å². The van der Waals surface area contributed by atoms with Crippen molar-refractivity contribution in [3.05, 3.63) is 23.8 Å². The van der Waals surface area contributed by atoms with Crippen molar-refractivity contribution >= 4 is 29.3 Å². The standard InChI is InChI=1S/C19H27N3O3S/c1-12(2)16(22-6-8-25-9-7-22)11-20-19(24)14-4-5-17-15(10-14)21-18(23)13(3)26-17/h4-5,10,12-13,16H,6-9,11H2,1-3H3,(H,20,24)(H,21,23). The highest BCUT2D eigenvalue weighted by atomic mass is 32.2. The van der Waals surface area contributed by atoms with Gasteiger partial charge in [0, 0.05) is 36.1 Å². The summed E-state index contributed by atoms with van der Waals surface area (Å²) >= 11 is 1.52. The summed E-state index contributed by atoms with van der Waals surface area (Å²) in [5.41, 5.74) is 1.29. The minimum Gasteiger partial charge on any atom is -0.379 e. The summed E-state index contributed by atoms with van der Waals surface area (Å²) in [6.45, 7) is 10.1. The van der Waals surface area contributed by atoms with Gasteiger partial charge in [0.2, 0.25) is 5.91 Å². The molecule has 7 heteroatoms. The van der Waals surface area contributed by atoms with Crippen molar-refractivity contribution in [1.29, 1.82) is 0 Å². The molecule has 0 saturated carbocycles. The quantitative estimate of drug-likeness (QED) is 0.823. The molecule has 0 aromatic heterocycles. The fourth-order valence-electron chi connectivity index (χ4n) is 3.34. The Morgan fingerprint density at radius 1 is 1.38 bits per heavy atom. The van der Waals surface area contributed by atoms with E-state index in [0.717, 1.165) is 36.9 Å². The molecule has 2 atom stereocenters. The average molecular weight is 378 g/mol. The molecule has 2 amide bonds. The van der Waals surface area contributed by atoms with Gasteiger partial charge in [0.05, 0.1) is 24.2 Å². The van der Waals surface area contributed by atoms with E-state index in [4.69, 9.17) is 4.74 Å². The summed E-state index contributed by atoms with van der Waals surface area (Å²) in [5, 5.41) is 5.83. The zero-order valence-corrected chi connectivity index (χ0v) is 16.4. The first-order chi connectivity index (χ1) is 12.5. The van der Waals surface area contributed by atoms with Crippen molar-refractivity contribution in [3.63, 3.8) is 0 Å². The Hall–Kier alpha value is -1.57. The number of carbonyl (C=O) groups is 2. The highest BCUT2D eigenvalue weighted by Crippen LogP contribution is 2.35. The maximum Gasteiger partial charge on any atom is 0.251 e. The van der Waals surface area contributed by atoms with Gasteiger partial charge in [0.1, 0.15) is 0 Å². The summed E-state index contributed by atoms with van der Waals surface area (Å²) in [6.07, 6.45) is 0. The lowest BCUT2D eigenvalue weighted by molar-refractivity contribution is -0.115. The van der Waals surface area contributed by atoms with Crippen molar-refractivity contribution in [3.8, 4) is 0 Å². The highest BCUT2D eigenvalue weighted by molar-refractivity contribution is 8.00. The van der Waals surface area contributed by atoms with Gasteiger partial charge in [0.15, 0.2) is 0 Å². The Morgan fingerprint density at radius 2 is 2.12 bits per heavy atom. The maximum absolute atomic E-state index is 12.6. The van der Waals surface area contributed by atoms with Crippen LogP contribution in [0.15, 0.2) is 23.1 Å². The number of anilines is 1. The third-order valence-electron chi connectivity index (χ3n) is 4.93. The Morgan fingerprint density at radius 3 is 2.81 bits per heavy atom. The van der Waals surface area contributed by atoms with Crippen molar-refractivity contribution in [2.45, 2.75) is 37.0 Å². The number of morpholine rings is 1. The summed E-state index contributed by atoms with van der Waals surface area (Å²) in [5.74, 6) is 0.311. The summed E-state index contributed by atoms with van der Waals surface area (Å²) < 4.78 is 5.43. The molecule has 1 fully saturated rings. The van der Waals surface area contributed by atoms with Crippen LogP contribution in [0.3, 0.4) is 0 Å². The van der Waals surface area contributed by atoms with Gasteiger partial charge in [0.25, 0.3) is 5.91 Å². The molecular formula is C19H27N3O3S. The first kappa shape index (κ1) is 19.2. The lowest BCUT2D eigenvalue weighted by Gasteiger charge is -2.36. The Labute approximate surface area is 159 Å². The smallest absolute Gasteiger partial charge is 0.251 e. The number of nitrogens with one attached hydrogen (secondary N) is 2. The van der Waals surface area contributed by atoms with Crippen LogP contribution in [0, 0.1) is 5.92 Å². The molecule has 2 aliphatic heterocycles. The van der Waals surface area contributed by atoms with Gasteiger partial charge in [-0.05, 0) is 31.0 Å². The second-order valence-electron chi connectivity index (χ2n) is 7.13. The Kier molecular flexibility index (Phi) is 6.21.